The summed E-state index contributed by atoms with van der Waals surface area (Å²) >= 11 is 0. The molecule has 6 rings (SSSR count). The lowest BCUT2D eigenvalue weighted by molar-refractivity contribution is 0.102. The lowest BCUT2D eigenvalue weighted by atomic mass is 9.83. The number of nitrogens with zero attached hydrogens (tertiary/aromatic N) is 2. The van der Waals surface area contributed by atoms with Gasteiger partial charge in [0.05, 0.1) is 23.6 Å². The van der Waals surface area contributed by atoms with Crippen molar-refractivity contribution in [2.45, 2.75) is 64.3 Å². The molecule has 38 heavy (non-hydrogen) atoms. The van der Waals surface area contributed by atoms with E-state index in [0.29, 0.717) is 22.4 Å². The summed E-state index contributed by atoms with van der Waals surface area (Å²) in [6, 6.07) is 11.0. The number of amides is 1. The zero-order valence-electron chi connectivity index (χ0n) is 21.5. The summed E-state index contributed by atoms with van der Waals surface area (Å²) in [5.74, 6) is 0.447. The van der Waals surface area contributed by atoms with Crippen molar-refractivity contribution in [1.29, 1.82) is 0 Å². The Kier molecular flexibility index (Phi) is 6.52. The molecule has 1 amide bonds. The number of aliphatic hydroxyl groups excluding tert-OH is 1. The average molecular weight is 535 g/mol. The van der Waals surface area contributed by atoms with Crippen LogP contribution in [0.25, 0.3) is 16.6 Å². The lowest BCUT2D eigenvalue weighted by Crippen LogP contribution is -2.20. The van der Waals surface area contributed by atoms with Crippen LogP contribution < -0.4 is 10.0 Å². The molecule has 1 spiro atoms. The molecule has 200 valence electrons. The molecule has 0 atom stereocenters. The van der Waals surface area contributed by atoms with Crippen molar-refractivity contribution in [1.82, 2.24) is 9.55 Å². The van der Waals surface area contributed by atoms with Crippen molar-refractivity contribution >= 4 is 43.9 Å². The summed E-state index contributed by atoms with van der Waals surface area (Å²) < 4.78 is 29.4. The number of aromatic nitrogens is 2. The number of para-hydroxylation sites is 1. The van der Waals surface area contributed by atoms with E-state index >= 15 is 0 Å². The van der Waals surface area contributed by atoms with Gasteiger partial charge in [-0.1, -0.05) is 18.6 Å². The standard InChI is InChI=1S/C29H34N4O4S/c34-17-18-38(36,37)32-21-8-9-22(23(19-21)20-10-12-29(13-11-20)14-15-29)28(35)30-24-5-4-6-25-27(24)31-26-7-2-1-3-16-33(25)26/h4-6,8-10,19,32,34H,1-3,7,11-18H2,(H,30,35). The Hall–Kier alpha value is -3.17. The summed E-state index contributed by atoms with van der Waals surface area (Å²) in [4.78, 5) is 18.6. The highest BCUT2D eigenvalue weighted by Gasteiger charge is 2.43. The van der Waals surface area contributed by atoms with Gasteiger partial charge in [-0.25, -0.2) is 13.4 Å². The van der Waals surface area contributed by atoms with Gasteiger partial charge in [0.1, 0.15) is 11.3 Å². The Bertz CT molecular complexity index is 1540. The van der Waals surface area contributed by atoms with Gasteiger partial charge in [0, 0.05) is 24.2 Å². The van der Waals surface area contributed by atoms with Gasteiger partial charge in [-0.15, -0.1) is 0 Å². The van der Waals surface area contributed by atoms with Crippen LogP contribution in [0.15, 0.2) is 42.5 Å². The van der Waals surface area contributed by atoms with Gasteiger partial charge in [-0.3, -0.25) is 9.52 Å². The summed E-state index contributed by atoms with van der Waals surface area (Å²) in [6.45, 7) is 0.482. The van der Waals surface area contributed by atoms with Crippen LogP contribution in [-0.4, -0.2) is 41.3 Å². The number of sulfonamides is 1. The zero-order chi connectivity index (χ0) is 26.3. The molecule has 9 heteroatoms. The maximum Gasteiger partial charge on any atom is 0.256 e. The van der Waals surface area contributed by atoms with E-state index in [-0.39, 0.29) is 11.7 Å². The smallest absolute Gasteiger partial charge is 0.256 e. The topological polar surface area (TPSA) is 113 Å². The number of hydrogen-bond donors (Lipinski definition) is 3. The lowest BCUT2D eigenvalue weighted by Gasteiger charge is -2.23. The van der Waals surface area contributed by atoms with Gasteiger partial charge in [0.15, 0.2) is 0 Å². The van der Waals surface area contributed by atoms with E-state index in [9.17, 15) is 13.2 Å². The van der Waals surface area contributed by atoms with Crippen LogP contribution in [0.1, 0.15) is 73.1 Å². The van der Waals surface area contributed by atoms with Crippen molar-refractivity contribution in [3.05, 3.63) is 59.4 Å². The molecule has 0 radical (unpaired) electrons. The molecular weight excluding hydrogens is 500 g/mol. The van der Waals surface area contributed by atoms with E-state index in [4.69, 9.17) is 10.1 Å². The van der Waals surface area contributed by atoms with Crippen molar-refractivity contribution in [2.75, 3.05) is 22.4 Å². The Labute approximate surface area is 223 Å². The van der Waals surface area contributed by atoms with E-state index in [1.54, 1.807) is 18.2 Å². The van der Waals surface area contributed by atoms with Crippen molar-refractivity contribution < 1.29 is 18.3 Å². The highest BCUT2D eigenvalue weighted by Crippen LogP contribution is 2.56. The molecule has 3 N–H and O–H groups in total. The minimum atomic E-state index is -3.68. The van der Waals surface area contributed by atoms with Gasteiger partial charge >= 0.3 is 0 Å². The van der Waals surface area contributed by atoms with Gasteiger partial charge in [-0.05, 0) is 91.8 Å². The molecule has 1 saturated carbocycles. The number of nitrogens with one attached hydrogen (secondary N) is 2. The number of carbonyl (C=O) groups is 1. The summed E-state index contributed by atoms with van der Waals surface area (Å²) in [6.07, 6.45) is 12.1. The largest absolute Gasteiger partial charge is 0.395 e. The predicted octanol–water partition coefficient (Wildman–Crippen LogP) is 5.10. The van der Waals surface area contributed by atoms with Crippen LogP contribution in [0.2, 0.25) is 0 Å². The number of anilines is 2. The fourth-order valence-electron chi connectivity index (χ4n) is 5.90. The molecule has 1 fully saturated rings. The first-order valence-electron chi connectivity index (χ1n) is 13.6. The number of rotatable bonds is 7. The highest BCUT2D eigenvalue weighted by molar-refractivity contribution is 7.92. The Morgan fingerprint density at radius 2 is 1.95 bits per heavy atom. The number of allylic oxidation sites excluding steroid dienone is 2. The highest BCUT2D eigenvalue weighted by atomic mass is 32.2. The molecule has 1 aliphatic heterocycles. The molecule has 0 saturated heterocycles. The number of imidazole rings is 1. The van der Waals surface area contributed by atoms with E-state index < -0.39 is 16.6 Å². The first kappa shape index (κ1) is 25.1. The molecule has 2 aliphatic carbocycles. The third-order valence-corrected chi connectivity index (χ3v) is 9.56. The fraction of sp³-hybridized carbons (Fsp3) is 0.448. The summed E-state index contributed by atoms with van der Waals surface area (Å²) in [7, 11) is -3.68. The third kappa shape index (κ3) is 4.97. The van der Waals surface area contributed by atoms with Gasteiger partial charge in [-0.2, -0.15) is 0 Å². The normalized spacial score (nSPS) is 18.5. The molecule has 1 aromatic heterocycles. The van der Waals surface area contributed by atoms with Gasteiger partial charge < -0.3 is 15.0 Å². The van der Waals surface area contributed by atoms with Crippen LogP contribution in [0.3, 0.4) is 0 Å². The number of carbonyl (C=O) groups excluding carboxylic acids is 1. The monoisotopic (exact) mass is 534 g/mol. The predicted molar refractivity (Wildman–Crippen MR) is 150 cm³/mol. The van der Waals surface area contributed by atoms with Crippen molar-refractivity contribution in [3.8, 4) is 0 Å². The maximum atomic E-state index is 13.7. The van der Waals surface area contributed by atoms with E-state index in [1.807, 2.05) is 12.1 Å². The molecule has 3 aliphatic rings. The van der Waals surface area contributed by atoms with Crippen LogP contribution in [0.4, 0.5) is 11.4 Å². The zero-order valence-corrected chi connectivity index (χ0v) is 22.3. The summed E-state index contributed by atoms with van der Waals surface area (Å²) in [5, 5.41) is 12.2. The Balaban J connectivity index is 1.34. The average Bonchev–Trinajstić information content (AvgIpc) is 3.61. The first-order chi connectivity index (χ1) is 18.4. The Morgan fingerprint density at radius 3 is 2.71 bits per heavy atom. The molecule has 2 aromatic carbocycles. The second-order valence-electron chi connectivity index (χ2n) is 11.0. The maximum absolute atomic E-state index is 13.7. The molecular formula is C29H34N4O4S. The minimum absolute atomic E-state index is 0.243. The summed E-state index contributed by atoms with van der Waals surface area (Å²) in [5.41, 5.74) is 5.67. The van der Waals surface area contributed by atoms with E-state index in [2.05, 4.69) is 26.7 Å². The number of fused-ring (bicyclic) bond motifs is 3. The van der Waals surface area contributed by atoms with E-state index in [1.165, 1.54) is 19.3 Å². The van der Waals surface area contributed by atoms with Gasteiger partial charge in [0.25, 0.3) is 5.91 Å². The molecule has 0 bridgehead atoms. The Morgan fingerprint density at radius 1 is 1.08 bits per heavy atom. The molecule has 8 nitrogen and oxygen atoms in total. The fourth-order valence-corrected chi connectivity index (χ4v) is 6.73. The second kappa shape index (κ2) is 9.85. The second-order valence-corrected chi connectivity index (χ2v) is 12.8. The molecule has 2 heterocycles. The minimum Gasteiger partial charge on any atom is -0.395 e. The van der Waals surface area contributed by atoms with Crippen LogP contribution in [-0.2, 0) is 23.0 Å². The quantitative estimate of drug-likeness (QED) is 0.391. The van der Waals surface area contributed by atoms with Gasteiger partial charge in [0.2, 0.25) is 10.0 Å². The molecule has 0 unspecified atom stereocenters. The van der Waals surface area contributed by atoms with Crippen LogP contribution in [0, 0.1) is 5.41 Å². The van der Waals surface area contributed by atoms with Crippen molar-refractivity contribution in [2.24, 2.45) is 5.41 Å². The van der Waals surface area contributed by atoms with Crippen molar-refractivity contribution in [3.63, 3.8) is 0 Å². The third-order valence-electron chi connectivity index (χ3n) is 8.30. The van der Waals surface area contributed by atoms with Crippen LogP contribution in [0.5, 0.6) is 0 Å². The molecule has 3 aromatic rings. The SMILES string of the molecule is O=C(Nc1cccc2c1nc1n2CCCCC1)c1ccc(NS(=O)(=O)CCO)cc1C1=CCC2(CC1)CC2. The van der Waals surface area contributed by atoms with Crippen LogP contribution >= 0.6 is 0 Å². The number of hydrogen-bond acceptors (Lipinski definition) is 5. The number of benzene rings is 2. The van der Waals surface area contributed by atoms with E-state index in [0.717, 1.165) is 73.1 Å². The number of aryl methyl sites for hydroxylation is 2. The first-order valence-corrected chi connectivity index (χ1v) is 15.3. The number of aliphatic hydroxyl groups is 1.